The van der Waals surface area contributed by atoms with Gasteiger partial charge in [-0.3, -0.25) is 4.90 Å². The summed E-state index contributed by atoms with van der Waals surface area (Å²) >= 11 is 6.59. The highest BCUT2D eigenvalue weighted by atomic mass is 35.5. The van der Waals surface area contributed by atoms with Crippen LogP contribution in [0.2, 0.25) is 5.02 Å². The number of halogens is 1. The van der Waals surface area contributed by atoms with Crippen LogP contribution in [-0.4, -0.2) is 31.1 Å². The van der Waals surface area contributed by atoms with Crippen molar-refractivity contribution in [1.29, 1.82) is 0 Å². The van der Waals surface area contributed by atoms with Gasteiger partial charge in [0.1, 0.15) is 5.58 Å². The summed E-state index contributed by atoms with van der Waals surface area (Å²) < 4.78 is 5.40. The third-order valence-electron chi connectivity index (χ3n) is 5.80. The SMILES string of the molecule is O=c1[c]c(-c2ccccc2)c2cc(CN3CCN(c4ccccc4)CC3)c(Cl)cc2o1. The lowest BCUT2D eigenvalue weighted by molar-refractivity contribution is 0.250. The van der Waals surface area contributed by atoms with Crippen LogP contribution in [0.25, 0.3) is 22.1 Å². The molecule has 1 radical (unpaired) electrons. The van der Waals surface area contributed by atoms with Gasteiger partial charge in [0, 0.05) is 60.4 Å². The Kier molecular flexibility index (Phi) is 5.49. The summed E-state index contributed by atoms with van der Waals surface area (Å²) in [4.78, 5) is 16.9. The molecule has 0 atom stereocenters. The average Bonchev–Trinajstić information content (AvgIpc) is 2.81. The Morgan fingerprint density at radius 2 is 1.58 bits per heavy atom. The molecule has 3 aromatic carbocycles. The number of piperazine rings is 1. The molecule has 5 rings (SSSR count). The van der Waals surface area contributed by atoms with Gasteiger partial charge in [-0.2, -0.15) is 0 Å². The second kappa shape index (κ2) is 8.58. The Bertz CT molecular complexity index is 1250. The van der Waals surface area contributed by atoms with E-state index in [1.165, 1.54) is 5.69 Å². The maximum absolute atomic E-state index is 12.1. The van der Waals surface area contributed by atoms with Gasteiger partial charge in [0.15, 0.2) is 0 Å². The second-order valence-electron chi connectivity index (χ2n) is 7.79. The van der Waals surface area contributed by atoms with E-state index < -0.39 is 5.63 Å². The predicted octanol–water partition coefficient (Wildman–Crippen LogP) is 5.24. The van der Waals surface area contributed by atoms with Crippen molar-refractivity contribution < 1.29 is 4.42 Å². The molecule has 0 amide bonds. The fraction of sp³-hybridized carbons (Fsp3) is 0.192. The summed E-state index contributed by atoms with van der Waals surface area (Å²) in [5, 5.41) is 1.47. The maximum atomic E-state index is 12.1. The first-order valence-corrected chi connectivity index (χ1v) is 10.8. The van der Waals surface area contributed by atoms with Crippen LogP contribution < -0.4 is 10.5 Å². The minimum atomic E-state index is -0.493. The van der Waals surface area contributed by atoms with Gasteiger partial charge in [0.05, 0.1) is 6.07 Å². The smallest absolute Gasteiger partial charge is 0.345 e. The number of fused-ring (bicyclic) bond motifs is 1. The van der Waals surface area contributed by atoms with Crippen molar-refractivity contribution in [2.75, 3.05) is 31.1 Å². The molecule has 155 valence electrons. The maximum Gasteiger partial charge on any atom is 0.345 e. The van der Waals surface area contributed by atoms with E-state index in [1.807, 2.05) is 42.5 Å². The van der Waals surface area contributed by atoms with E-state index in [1.54, 1.807) is 6.07 Å². The molecule has 0 aliphatic carbocycles. The molecular weight excluding hydrogens is 408 g/mol. The monoisotopic (exact) mass is 429 g/mol. The summed E-state index contributed by atoms with van der Waals surface area (Å²) in [7, 11) is 0. The largest absolute Gasteiger partial charge is 0.422 e. The number of anilines is 1. The number of rotatable bonds is 4. The normalized spacial score (nSPS) is 14.8. The molecule has 2 heterocycles. The molecule has 1 aliphatic heterocycles. The number of benzene rings is 3. The van der Waals surface area contributed by atoms with Gasteiger partial charge in [0.25, 0.3) is 0 Å². The molecule has 5 heteroatoms. The standard InChI is InChI=1S/C26H22ClN2O2/c27-24-17-25-23(22(16-26(30)31-25)19-7-3-1-4-8-19)15-20(24)18-28-11-13-29(14-12-28)21-9-5-2-6-10-21/h1-10,15,17H,11-14,18H2. The summed E-state index contributed by atoms with van der Waals surface area (Å²) in [6.07, 6.45) is 0. The van der Waals surface area contributed by atoms with E-state index in [0.717, 1.165) is 54.8 Å². The Morgan fingerprint density at radius 1 is 0.903 bits per heavy atom. The molecule has 1 aliphatic rings. The zero-order valence-corrected chi connectivity index (χ0v) is 17.8. The second-order valence-corrected chi connectivity index (χ2v) is 8.20. The van der Waals surface area contributed by atoms with Gasteiger partial charge in [-0.15, -0.1) is 0 Å². The van der Waals surface area contributed by atoms with Gasteiger partial charge in [-0.05, 0) is 29.3 Å². The van der Waals surface area contributed by atoms with Crippen LogP contribution in [0.4, 0.5) is 5.69 Å². The van der Waals surface area contributed by atoms with Gasteiger partial charge in [-0.25, -0.2) is 4.79 Å². The van der Waals surface area contributed by atoms with Crippen LogP contribution >= 0.6 is 11.6 Å². The summed E-state index contributed by atoms with van der Waals surface area (Å²) in [6, 6.07) is 27.0. The highest BCUT2D eigenvalue weighted by molar-refractivity contribution is 6.32. The van der Waals surface area contributed by atoms with E-state index in [4.69, 9.17) is 16.0 Å². The van der Waals surface area contributed by atoms with Gasteiger partial charge < -0.3 is 9.32 Å². The van der Waals surface area contributed by atoms with Crippen LogP contribution in [0.5, 0.6) is 0 Å². The van der Waals surface area contributed by atoms with Crippen molar-refractivity contribution in [3.05, 3.63) is 99.9 Å². The summed E-state index contributed by atoms with van der Waals surface area (Å²) in [6.45, 7) is 4.64. The average molecular weight is 430 g/mol. The van der Waals surface area contributed by atoms with E-state index >= 15 is 0 Å². The number of nitrogens with zero attached hydrogens (tertiary/aromatic N) is 2. The molecule has 0 saturated carbocycles. The molecule has 0 spiro atoms. The van der Waals surface area contributed by atoms with Gasteiger partial charge in [-0.1, -0.05) is 60.1 Å². The van der Waals surface area contributed by atoms with E-state index in [9.17, 15) is 4.79 Å². The van der Waals surface area contributed by atoms with Crippen molar-refractivity contribution in [1.82, 2.24) is 4.90 Å². The Labute approximate surface area is 186 Å². The van der Waals surface area contributed by atoms with Crippen LogP contribution in [0, 0.1) is 6.07 Å². The lowest BCUT2D eigenvalue weighted by Gasteiger charge is -2.36. The number of hydrogen-bond acceptors (Lipinski definition) is 4. The molecule has 4 aromatic rings. The first-order valence-electron chi connectivity index (χ1n) is 10.4. The van der Waals surface area contributed by atoms with Crippen LogP contribution in [0.15, 0.2) is 82.0 Å². The third-order valence-corrected chi connectivity index (χ3v) is 6.15. The highest BCUT2D eigenvalue weighted by Gasteiger charge is 2.19. The fourth-order valence-corrected chi connectivity index (χ4v) is 4.39. The molecule has 0 N–H and O–H groups in total. The molecule has 0 unspecified atom stereocenters. The fourth-order valence-electron chi connectivity index (χ4n) is 4.17. The van der Waals surface area contributed by atoms with E-state index in [2.05, 4.69) is 40.1 Å². The van der Waals surface area contributed by atoms with Crippen molar-refractivity contribution in [3.8, 4) is 11.1 Å². The molecular formula is C26H22ClN2O2. The molecule has 1 aromatic heterocycles. The molecule has 1 fully saturated rings. The first kappa shape index (κ1) is 19.9. The lowest BCUT2D eigenvalue weighted by atomic mass is 10.0. The van der Waals surface area contributed by atoms with Crippen LogP contribution in [0.1, 0.15) is 5.56 Å². The van der Waals surface area contributed by atoms with Crippen molar-refractivity contribution in [3.63, 3.8) is 0 Å². The number of hydrogen-bond donors (Lipinski definition) is 0. The minimum Gasteiger partial charge on any atom is -0.422 e. The van der Waals surface area contributed by atoms with Crippen molar-refractivity contribution in [2.45, 2.75) is 6.54 Å². The molecule has 0 bridgehead atoms. The Balaban J connectivity index is 1.41. The van der Waals surface area contributed by atoms with Crippen molar-refractivity contribution >= 4 is 28.3 Å². The number of para-hydroxylation sites is 1. The minimum absolute atomic E-state index is 0.491. The molecule has 31 heavy (non-hydrogen) atoms. The third kappa shape index (κ3) is 4.22. The lowest BCUT2D eigenvalue weighted by Crippen LogP contribution is -2.46. The quantitative estimate of drug-likeness (QED) is 0.416. The van der Waals surface area contributed by atoms with E-state index in [0.29, 0.717) is 10.6 Å². The van der Waals surface area contributed by atoms with Gasteiger partial charge in [0.2, 0.25) is 0 Å². The molecule has 1 saturated heterocycles. The predicted molar refractivity (Wildman–Crippen MR) is 126 cm³/mol. The Morgan fingerprint density at radius 3 is 2.29 bits per heavy atom. The van der Waals surface area contributed by atoms with Crippen molar-refractivity contribution in [2.24, 2.45) is 0 Å². The topological polar surface area (TPSA) is 36.7 Å². The summed E-state index contributed by atoms with van der Waals surface area (Å²) in [5.41, 5.74) is 3.98. The highest BCUT2D eigenvalue weighted by Crippen LogP contribution is 2.31. The summed E-state index contributed by atoms with van der Waals surface area (Å²) in [5.74, 6) is 0. The Hall–Kier alpha value is -3.08. The molecule has 4 nitrogen and oxygen atoms in total. The van der Waals surface area contributed by atoms with Crippen LogP contribution in [-0.2, 0) is 6.54 Å². The zero-order valence-electron chi connectivity index (χ0n) is 17.1. The van der Waals surface area contributed by atoms with E-state index in [-0.39, 0.29) is 0 Å². The zero-order chi connectivity index (χ0) is 21.2. The first-order chi connectivity index (χ1) is 15.2. The van der Waals surface area contributed by atoms with Gasteiger partial charge >= 0.3 is 5.63 Å². The van der Waals surface area contributed by atoms with Crippen LogP contribution in [0.3, 0.4) is 0 Å².